The van der Waals surface area contributed by atoms with Gasteiger partial charge in [-0.25, -0.2) is 8.42 Å². The van der Waals surface area contributed by atoms with Crippen molar-refractivity contribution in [1.29, 1.82) is 0 Å². The predicted octanol–water partition coefficient (Wildman–Crippen LogP) is 2.59. The monoisotopic (exact) mass is 470 g/mol. The minimum absolute atomic E-state index is 0.0676. The molecule has 0 saturated carbocycles. The van der Waals surface area contributed by atoms with E-state index in [0.29, 0.717) is 30.5 Å². The Morgan fingerprint density at radius 1 is 1.03 bits per heavy atom. The van der Waals surface area contributed by atoms with Crippen molar-refractivity contribution in [2.24, 2.45) is 0 Å². The summed E-state index contributed by atoms with van der Waals surface area (Å²) in [6.07, 6.45) is 0. The first-order valence-corrected chi connectivity index (χ1v) is 12.3. The van der Waals surface area contributed by atoms with Crippen molar-refractivity contribution in [1.82, 2.24) is 19.5 Å². The number of sulfonamides is 1. The Bertz CT molecular complexity index is 1280. The van der Waals surface area contributed by atoms with Crippen LogP contribution in [0.3, 0.4) is 0 Å². The number of hydrogen-bond donors (Lipinski definition) is 2. The van der Waals surface area contributed by atoms with Crippen molar-refractivity contribution in [2.75, 3.05) is 33.7 Å². The molecule has 0 saturated heterocycles. The fourth-order valence-corrected chi connectivity index (χ4v) is 5.34. The van der Waals surface area contributed by atoms with Crippen LogP contribution >= 0.6 is 0 Å². The second-order valence-corrected chi connectivity index (χ2v) is 9.88. The zero-order valence-corrected chi connectivity index (χ0v) is 20.1. The van der Waals surface area contributed by atoms with Gasteiger partial charge in [0.15, 0.2) is 0 Å². The van der Waals surface area contributed by atoms with Gasteiger partial charge in [0, 0.05) is 36.6 Å². The topological polar surface area (TPSA) is 103 Å². The highest BCUT2D eigenvalue weighted by molar-refractivity contribution is 7.89. The molecule has 0 spiro atoms. The van der Waals surface area contributed by atoms with Crippen LogP contribution in [0.2, 0.25) is 0 Å². The number of pyridine rings is 1. The van der Waals surface area contributed by atoms with Gasteiger partial charge in [0.05, 0.1) is 16.5 Å². The van der Waals surface area contributed by atoms with Gasteiger partial charge < -0.3 is 15.2 Å². The molecule has 1 aromatic heterocycles. The summed E-state index contributed by atoms with van der Waals surface area (Å²) in [7, 11) is 0.139. The van der Waals surface area contributed by atoms with E-state index in [-0.39, 0.29) is 16.5 Å². The minimum atomic E-state index is -3.72. The molecular weight excluding hydrogens is 440 g/mol. The van der Waals surface area contributed by atoms with Gasteiger partial charge >= 0.3 is 0 Å². The van der Waals surface area contributed by atoms with E-state index >= 15 is 0 Å². The summed E-state index contributed by atoms with van der Waals surface area (Å²) < 4.78 is 27.3. The van der Waals surface area contributed by atoms with Gasteiger partial charge in [-0.05, 0) is 37.9 Å². The maximum atomic E-state index is 13.1. The Kier molecular flexibility index (Phi) is 7.68. The Morgan fingerprint density at radius 2 is 1.70 bits per heavy atom. The first kappa shape index (κ1) is 24.6. The van der Waals surface area contributed by atoms with Crippen LogP contribution in [0.15, 0.2) is 64.3 Å². The molecule has 1 amide bonds. The van der Waals surface area contributed by atoms with Crippen molar-refractivity contribution < 1.29 is 13.2 Å². The van der Waals surface area contributed by atoms with Gasteiger partial charge in [-0.15, -0.1) is 0 Å². The third-order valence-corrected chi connectivity index (χ3v) is 7.71. The number of rotatable bonds is 9. The average molecular weight is 471 g/mol. The van der Waals surface area contributed by atoms with Crippen LogP contribution in [-0.2, 0) is 10.0 Å². The minimum Gasteiger partial charge on any atom is -0.350 e. The van der Waals surface area contributed by atoms with Crippen molar-refractivity contribution in [3.05, 3.63) is 76.1 Å². The number of nitrogens with zero attached hydrogens (tertiary/aromatic N) is 2. The Labute approximate surface area is 194 Å². The predicted molar refractivity (Wildman–Crippen MR) is 130 cm³/mol. The standard InChI is InChI=1S/C24H30N4O4S/c1-5-28(6-2)33(31,32)18-12-13-21-19(14-18)20(15-23(29)26-21)24(30)25-16-22(27(3)4)17-10-8-7-9-11-17/h7-15,22H,5-6,16H2,1-4H3,(H,25,30)(H,26,29)/t22-/m0/s1. The zero-order chi connectivity index (χ0) is 24.2. The number of carbonyl (C=O) groups excluding carboxylic acids is 1. The molecule has 176 valence electrons. The van der Waals surface area contributed by atoms with E-state index in [1.807, 2.05) is 49.3 Å². The number of carbonyl (C=O) groups is 1. The van der Waals surface area contributed by atoms with Gasteiger partial charge in [-0.3, -0.25) is 9.59 Å². The van der Waals surface area contributed by atoms with Crippen LogP contribution < -0.4 is 10.9 Å². The van der Waals surface area contributed by atoms with Crippen LogP contribution in [-0.4, -0.2) is 62.2 Å². The number of nitrogens with one attached hydrogen (secondary N) is 2. The van der Waals surface area contributed by atoms with Crippen molar-refractivity contribution in [3.63, 3.8) is 0 Å². The van der Waals surface area contributed by atoms with Crippen molar-refractivity contribution in [2.45, 2.75) is 24.8 Å². The number of benzene rings is 2. The molecule has 0 fully saturated rings. The van der Waals surface area contributed by atoms with Crippen LogP contribution in [0.5, 0.6) is 0 Å². The van der Waals surface area contributed by atoms with Crippen LogP contribution in [0.1, 0.15) is 35.8 Å². The van der Waals surface area contributed by atoms with Gasteiger partial charge in [-0.1, -0.05) is 44.2 Å². The molecule has 33 heavy (non-hydrogen) atoms. The molecule has 0 bridgehead atoms. The molecule has 1 heterocycles. The lowest BCUT2D eigenvalue weighted by Gasteiger charge is -2.25. The molecule has 3 aromatic rings. The molecule has 0 aliphatic carbocycles. The Morgan fingerprint density at radius 3 is 2.30 bits per heavy atom. The molecule has 2 N–H and O–H groups in total. The molecular formula is C24H30N4O4S. The molecule has 0 unspecified atom stereocenters. The third kappa shape index (κ3) is 5.32. The van der Waals surface area contributed by atoms with Crippen LogP contribution in [0.4, 0.5) is 0 Å². The summed E-state index contributed by atoms with van der Waals surface area (Å²) >= 11 is 0. The summed E-state index contributed by atoms with van der Waals surface area (Å²) in [6.45, 7) is 4.53. The summed E-state index contributed by atoms with van der Waals surface area (Å²) in [4.78, 5) is 30.1. The van der Waals surface area contributed by atoms with Crippen LogP contribution in [0.25, 0.3) is 10.9 Å². The SMILES string of the molecule is CCN(CC)S(=O)(=O)c1ccc2[nH]c(=O)cc(C(=O)NC[C@@H](c3ccccc3)N(C)C)c2c1. The van der Waals surface area contributed by atoms with Crippen LogP contribution in [0, 0.1) is 0 Å². The van der Waals surface area contributed by atoms with Gasteiger partial charge in [0.1, 0.15) is 0 Å². The summed E-state index contributed by atoms with van der Waals surface area (Å²) in [6, 6.07) is 15.4. The van der Waals surface area contributed by atoms with E-state index in [4.69, 9.17) is 0 Å². The zero-order valence-electron chi connectivity index (χ0n) is 19.3. The lowest BCUT2D eigenvalue weighted by molar-refractivity contribution is 0.0943. The molecule has 1 atom stereocenters. The highest BCUT2D eigenvalue weighted by atomic mass is 32.2. The third-order valence-electron chi connectivity index (χ3n) is 5.67. The largest absolute Gasteiger partial charge is 0.350 e. The van der Waals surface area contributed by atoms with E-state index in [2.05, 4.69) is 10.3 Å². The van der Waals surface area contributed by atoms with Gasteiger partial charge in [0.25, 0.3) is 5.91 Å². The molecule has 3 rings (SSSR count). The van der Waals surface area contributed by atoms with Gasteiger partial charge in [0.2, 0.25) is 15.6 Å². The number of amides is 1. The maximum Gasteiger partial charge on any atom is 0.252 e. The van der Waals surface area contributed by atoms with E-state index in [9.17, 15) is 18.0 Å². The fourth-order valence-electron chi connectivity index (χ4n) is 3.85. The highest BCUT2D eigenvalue weighted by Gasteiger charge is 2.23. The first-order chi connectivity index (χ1) is 15.7. The maximum absolute atomic E-state index is 13.1. The average Bonchev–Trinajstić information content (AvgIpc) is 2.79. The van der Waals surface area contributed by atoms with E-state index in [0.717, 1.165) is 5.56 Å². The number of likely N-dealkylation sites (N-methyl/N-ethyl adjacent to an activating group) is 1. The highest BCUT2D eigenvalue weighted by Crippen LogP contribution is 2.23. The number of hydrogen-bond acceptors (Lipinski definition) is 5. The molecule has 0 radical (unpaired) electrons. The summed E-state index contributed by atoms with van der Waals surface area (Å²) in [5.74, 6) is -0.439. The van der Waals surface area contributed by atoms with E-state index in [1.54, 1.807) is 13.8 Å². The lowest BCUT2D eigenvalue weighted by Crippen LogP contribution is -2.35. The smallest absolute Gasteiger partial charge is 0.252 e. The second kappa shape index (κ2) is 10.3. The molecule has 0 aliphatic rings. The second-order valence-electron chi connectivity index (χ2n) is 7.94. The Hall–Kier alpha value is -3.01. The lowest BCUT2D eigenvalue weighted by atomic mass is 10.1. The fraction of sp³-hybridized carbons (Fsp3) is 0.333. The summed E-state index contributed by atoms with van der Waals surface area (Å²) in [5.41, 5.74) is 1.15. The number of aromatic amines is 1. The quantitative estimate of drug-likeness (QED) is 0.500. The summed E-state index contributed by atoms with van der Waals surface area (Å²) in [5, 5.41) is 3.28. The normalized spacial score (nSPS) is 12.9. The van der Waals surface area contributed by atoms with Crippen molar-refractivity contribution >= 4 is 26.8 Å². The molecule has 9 heteroatoms. The van der Waals surface area contributed by atoms with E-state index < -0.39 is 21.5 Å². The number of fused-ring (bicyclic) bond motifs is 1. The first-order valence-electron chi connectivity index (χ1n) is 10.9. The van der Waals surface area contributed by atoms with Crippen molar-refractivity contribution in [3.8, 4) is 0 Å². The van der Waals surface area contributed by atoms with E-state index in [1.165, 1.54) is 28.6 Å². The number of H-pyrrole nitrogens is 1. The molecule has 0 aliphatic heterocycles. The molecule has 8 nitrogen and oxygen atoms in total. The molecule has 2 aromatic carbocycles. The van der Waals surface area contributed by atoms with Gasteiger partial charge in [-0.2, -0.15) is 4.31 Å². The number of aromatic nitrogens is 1. The Balaban J connectivity index is 1.98.